The first-order valence-electron chi connectivity index (χ1n) is 7.93. The van der Waals surface area contributed by atoms with Gasteiger partial charge in [-0.05, 0) is 52.1 Å². The Bertz CT molecular complexity index is 506. The molecule has 0 aromatic heterocycles. The van der Waals surface area contributed by atoms with E-state index in [9.17, 15) is 9.90 Å². The molecule has 1 aliphatic rings. The van der Waals surface area contributed by atoms with Crippen molar-refractivity contribution >= 4 is 5.97 Å². The van der Waals surface area contributed by atoms with E-state index in [2.05, 4.69) is 43.9 Å². The van der Waals surface area contributed by atoms with Crippen molar-refractivity contribution in [2.45, 2.75) is 53.0 Å². The van der Waals surface area contributed by atoms with Gasteiger partial charge in [-0.3, -0.25) is 9.69 Å². The van der Waals surface area contributed by atoms with E-state index in [0.717, 1.165) is 19.4 Å². The summed E-state index contributed by atoms with van der Waals surface area (Å²) in [4.78, 5) is 14.0. The molecular formula is C18H27NO2. The van der Waals surface area contributed by atoms with Crippen LogP contribution in [-0.4, -0.2) is 29.1 Å². The number of nitrogens with zero attached hydrogens (tertiary/aromatic N) is 1. The molecule has 2 unspecified atom stereocenters. The fraction of sp³-hybridized carbons (Fsp3) is 0.611. The molecule has 0 saturated carbocycles. The van der Waals surface area contributed by atoms with Crippen molar-refractivity contribution in [1.29, 1.82) is 0 Å². The summed E-state index contributed by atoms with van der Waals surface area (Å²) in [5.74, 6) is -0.637. The van der Waals surface area contributed by atoms with Crippen LogP contribution in [0.1, 0.15) is 55.8 Å². The molecule has 1 heterocycles. The topological polar surface area (TPSA) is 40.5 Å². The average Bonchev–Trinajstić information content (AvgIpc) is 2.45. The molecule has 0 spiro atoms. The van der Waals surface area contributed by atoms with Gasteiger partial charge in [-0.25, -0.2) is 0 Å². The molecule has 0 aliphatic carbocycles. The summed E-state index contributed by atoms with van der Waals surface area (Å²) >= 11 is 0. The van der Waals surface area contributed by atoms with Gasteiger partial charge in [-0.1, -0.05) is 36.2 Å². The number of carboxylic acid groups (broad SMARTS) is 1. The lowest BCUT2D eigenvalue weighted by atomic mass is 9.77. The number of carboxylic acids is 1. The summed E-state index contributed by atoms with van der Waals surface area (Å²) in [6, 6.07) is 6.90. The molecule has 0 amide bonds. The minimum atomic E-state index is -0.637. The minimum absolute atomic E-state index is 0.272. The normalized spacial score (nSPS) is 24.8. The first-order valence-corrected chi connectivity index (χ1v) is 7.93. The van der Waals surface area contributed by atoms with Crippen molar-refractivity contribution in [2.24, 2.45) is 5.41 Å². The van der Waals surface area contributed by atoms with Gasteiger partial charge in [0.25, 0.3) is 0 Å². The highest BCUT2D eigenvalue weighted by atomic mass is 16.4. The monoisotopic (exact) mass is 289 g/mol. The molecule has 1 aromatic rings. The van der Waals surface area contributed by atoms with E-state index >= 15 is 0 Å². The second kappa shape index (κ2) is 6.18. The van der Waals surface area contributed by atoms with E-state index in [1.807, 2.05) is 6.92 Å². The Morgan fingerprint density at radius 3 is 2.48 bits per heavy atom. The van der Waals surface area contributed by atoms with Crippen LogP contribution in [0.2, 0.25) is 0 Å². The fourth-order valence-corrected chi connectivity index (χ4v) is 3.57. The van der Waals surface area contributed by atoms with Crippen LogP contribution in [0.5, 0.6) is 0 Å². The number of hydrogen-bond acceptors (Lipinski definition) is 2. The summed E-state index contributed by atoms with van der Waals surface area (Å²) in [7, 11) is 0. The maximum atomic E-state index is 11.7. The molecule has 1 N–H and O–H groups in total. The Labute approximate surface area is 128 Å². The van der Waals surface area contributed by atoms with E-state index in [0.29, 0.717) is 13.0 Å². The van der Waals surface area contributed by atoms with Gasteiger partial charge in [0.05, 0.1) is 5.41 Å². The Kier molecular flexibility index (Phi) is 4.72. The van der Waals surface area contributed by atoms with E-state index < -0.39 is 11.4 Å². The highest BCUT2D eigenvalue weighted by molar-refractivity contribution is 5.75. The highest BCUT2D eigenvalue weighted by Crippen LogP contribution is 2.37. The first kappa shape index (κ1) is 16.0. The maximum absolute atomic E-state index is 11.7. The lowest BCUT2D eigenvalue weighted by molar-refractivity contribution is -0.153. The van der Waals surface area contributed by atoms with Gasteiger partial charge in [0.15, 0.2) is 0 Å². The SMILES string of the molecule is CCC1(C(=O)O)CCCN(C(C)c2cc(C)cc(C)c2)C1. The van der Waals surface area contributed by atoms with Crippen LogP contribution in [-0.2, 0) is 4.79 Å². The number of rotatable bonds is 4. The maximum Gasteiger partial charge on any atom is 0.310 e. The van der Waals surface area contributed by atoms with Gasteiger partial charge in [0.2, 0.25) is 0 Å². The van der Waals surface area contributed by atoms with Crippen molar-refractivity contribution in [3.8, 4) is 0 Å². The summed E-state index contributed by atoms with van der Waals surface area (Å²) < 4.78 is 0. The lowest BCUT2D eigenvalue weighted by Crippen LogP contribution is -2.48. The van der Waals surface area contributed by atoms with E-state index in [1.165, 1.54) is 16.7 Å². The van der Waals surface area contributed by atoms with Crippen molar-refractivity contribution in [3.05, 3.63) is 34.9 Å². The molecule has 1 aliphatic heterocycles. The number of carbonyl (C=O) groups is 1. The highest BCUT2D eigenvalue weighted by Gasteiger charge is 2.41. The molecule has 3 heteroatoms. The third-order valence-corrected chi connectivity index (χ3v) is 5.01. The lowest BCUT2D eigenvalue weighted by Gasteiger charge is -2.42. The number of hydrogen-bond donors (Lipinski definition) is 1. The van der Waals surface area contributed by atoms with Gasteiger partial charge in [0, 0.05) is 12.6 Å². The van der Waals surface area contributed by atoms with Crippen LogP contribution >= 0.6 is 0 Å². The molecule has 0 bridgehead atoms. The smallest absolute Gasteiger partial charge is 0.310 e. The van der Waals surface area contributed by atoms with E-state index in [-0.39, 0.29) is 6.04 Å². The number of likely N-dealkylation sites (tertiary alicyclic amines) is 1. The van der Waals surface area contributed by atoms with Crippen LogP contribution in [0.3, 0.4) is 0 Å². The van der Waals surface area contributed by atoms with Crippen LogP contribution in [0.15, 0.2) is 18.2 Å². The molecule has 116 valence electrons. The number of aryl methyl sites for hydroxylation is 2. The van der Waals surface area contributed by atoms with Crippen LogP contribution in [0.4, 0.5) is 0 Å². The summed E-state index contributed by atoms with van der Waals surface area (Å²) in [6.07, 6.45) is 2.47. The predicted octanol–water partition coefficient (Wildman–Crippen LogP) is 3.94. The zero-order valence-corrected chi connectivity index (χ0v) is 13.6. The third kappa shape index (κ3) is 3.29. The van der Waals surface area contributed by atoms with Crippen molar-refractivity contribution in [3.63, 3.8) is 0 Å². The quantitative estimate of drug-likeness (QED) is 0.912. The molecule has 21 heavy (non-hydrogen) atoms. The second-order valence-corrected chi connectivity index (χ2v) is 6.61. The largest absolute Gasteiger partial charge is 0.481 e. The van der Waals surface area contributed by atoms with Gasteiger partial charge in [0.1, 0.15) is 0 Å². The molecule has 1 saturated heterocycles. The Morgan fingerprint density at radius 1 is 1.33 bits per heavy atom. The molecule has 2 rings (SSSR count). The van der Waals surface area contributed by atoms with E-state index in [4.69, 9.17) is 0 Å². The standard InChI is InChI=1S/C18H27NO2/c1-5-18(17(20)21)7-6-8-19(12-18)15(4)16-10-13(2)9-14(3)11-16/h9-11,15H,5-8,12H2,1-4H3,(H,20,21). The molecule has 1 fully saturated rings. The van der Waals surface area contributed by atoms with Gasteiger partial charge >= 0.3 is 5.97 Å². The third-order valence-electron chi connectivity index (χ3n) is 5.01. The predicted molar refractivity (Wildman–Crippen MR) is 85.5 cm³/mol. The van der Waals surface area contributed by atoms with Gasteiger partial charge in [-0.2, -0.15) is 0 Å². The summed E-state index contributed by atoms with van der Waals surface area (Å²) in [6.45, 7) is 10.1. The molecular weight excluding hydrogens is 262 g/mol. The minimum Gasteiger partial charge on any atom is -0.481 e. The van der Waals surface area contributed by atoms with E-state index in [1.54, 1.807) is 0 Å². The molecule has 1 aromatic carbocycles. The summed E-state index contributed by atoms with van der Waals surface area (Å²) in [5, 5.41) is 9.62. The molecule has 0 radical (unpaired) electrons. The average molecular weight is 289 g/mol. The van der Waals surface area contributed by atoms with Crippen molar-refractivity contribution in [1.82, 2.24) is 4.90 Å². The molecule has 2 atom stereocenters. The second-order valence-electron chi connectivity index (χ2n) is 6.61. The zero-order chi connectivity index (χ0) is 15.6. The number of piperidine rings is 1. The van der Waals surface area contributed by atoms with Gasteiger partial charge in [-0.15, -0.1) is 0 Å². The molecule has 3 nitrogen and oxygen atoms in total. The van der Waals surface area contributed by atoms with Crippen molar-refractivity contribution < 1.29 is 9.90 Å². The zero-order valence-electron chi connectivity index (χ0n) is 13.6. The summed E-state index contributed by atoms with van der Waals surface area (Å²) in [5.41, 5.74) is 3.28. The Morgan fingerprint density at radius 2 is 1.95 bits per heavy atom. The van der Waals surface area contributed by atoms with Crippen LogP contribution < -0.4 is 0 Å². The fourth-order valence-electron chi connectivity index (χ4n) is 3.57. The van der Waals surface area contributed by atoms with Crippen LogP contribution in [0, 0.1) is 19.3 Å². The number of benzene rings is 1. The Hall–Kier alpha value is -1.35. The van der Waals surface area contributed by atoms with Crippen molar-refractivity contribution in [2.75, 3.05) is 13.1 Å². The number of aliphatic carboxylic acids is 1. The Balaban J connectivity index is 2.22. The first-order chi connectivity index (χ1) is 9.88. The van der Waals surface area contributed by atoms with Crippen LogP contribution in [0.25, 0.3) is 0 Å². The van der Waals surface area contributed by atoms with Gasteiger partial charge < -0.3 is 5.11 Å².